The first kappa shape index (κ1) is 11.4. The summed E-state index contributed by atoms with van der Waals surface area (Å²) < 4.78 is 4.85. The third-order valence-electron chi connectivity index (χ3n) is 2.08. The van der Waals surface area contributed by atoms with Crippen molar-refractivity contribution in [3.05, 3.63) is 23.3 Å². The number of rotatable bonds is 3. The van der Waals surface area contributed by atoms with Gasteiger partial charge in [-0.15, -0.1) is 0 Å². The van der Waals surface area contributed by atoms with Gasteiger partial charge in [0, 0.05) is 0 Å². The molecule has 0 atom stereocenters. The third-order valence-corrected chi connectivity index (χ3v) is 2.08. The average molecular weight is 208 g/mol. The highest BCUT2D eigenvalue weighted by atomic mass is 16.5. The first-order valence-electron chi connectivity index (χ1n) is 4.84. The summed E-state index contributed by atoms with van der Waals surface area (Å²) >= 11 is 0. The number of benzene rings is 1. The van der Waals surface area contributed by atoms with Crippen molar-refractivity contribution in [1.29, 1.82) is 0 Å². The number of nitrogens with two attached hydrogens (primary N) is 2. The highest BCUT2D eigenvalue weighted by Gasteiger charge is 2.09. The summed E-state index contributed by atoms with van der Waals surface area (Å²) in [5.41, 5.74) is 14.1. The van der Waals surface area contributed by atoms with E-state index in [1.807, 2.05) is 13.0 Å². The van der Waals surface area contributed by atoms with Crippen molar-refractivity contribution >= 4 is 17.3 Å². The molecule has 0 aliphatic carbocycles. The largest absolute Gasteiger partial charge is 0.466 e. The summed E-state index contributed by atoms with van der Waals surface area (Å²) in [6, 6.07) is 3.63. The van der Waals surface area contributed by atoms with Gasteiger partial charge in [0.15, 0.2) is 0 Å². The average Bonchev–Trinajstić information content (AvgIpc) is 2.13. The van der Waals surface area contributed by atoms with E-state index in [0.717, 1.165) is 11.1 Å². The summed E-state index contributed by atoms with van der Waals surface area (Å²) in [6.07, 6.45) is 0.172. The Morgan fingerprint density at radius 1 is 1.40 bits per heavy atom. The van der Waals surface area contributed by atoms with Crippen LogP contribution in [-0.2, 0) is 16.0 Å². The molecule has 0 spiro atoms. The fraction of sp³-hybridized carbons (Fsp3) is 0.364. The fourth-order valence-corrected chi connectivity index (χ4v) is 1.42. The minimum atomic E-state index is -0.283. The molecule has 0 aromatic heterocycles. The Bertz CT molecular complexity index is 375. The number of aryl methyl sites for hydroxylation is 1. The Labute approximate surface area is 89.2 Å². The first-order valence-corrected chi connectivity index (χ1v) is 4.84. The number of esters is 1. The zero-order chi connectivity index (χ0) is 11.4. The molecule has 0 heterocycles. The van der Waals surface area contributed by atoms with Gasteiger partial charge >= 0.3 is 5.97 Å². The van der Waals surface area contributed by atoms with E-state index < -0.39 is 0 Å². The van der Waals surface area contributed by atoms with Gasteiger partial charge in [-0.25, -0.2) is 0 Å². The standard InChI is InChI=1S/C11H16N2O2/c1-3-15-10(14)6-8-4-7(2)5-9(12)11(8)13/h4-5H,3,6,12-13H2,1-2H3. The van der Waals surface area contributed by atoms with Crippen molar-refractivity contribution in [2.45, 2.75) is 20.3 Å². The second-order valence-electron chi connectivity index (χ2n) is 3.41. The molecular formula is C11H16N2O2. The van der Waals surface area contributed by atoms with Gasteiger partial charge < -0.3 is 16.2 Å². The molecule has 0 aliphatic rings. The molecule has 0 radical (unpaired) electrons. The Kier molecular flexibility index (Phi) is 3.55. The fourth-order valence-electron chi connectivity index (χ4n) is 1.42. The van der Waals surface area contributed by atoms with E-state index in [2.05, 4.69) is 0 Å². The number of hydrogen-bond acceptors (Lipinski definition) is 4. The Morgan fingerprint density at radius 2 is 2.07 bits per heavy atom. The molecule has 15 heavy (non-hydrogen) atoms. The van der Waals surface area contributed by atoms with Crippen molar-refractivity contribution in [2.75, 3.05) is 18.1 Å². The normalized spacial score (nSPS) is 10.0. The van der Waals surface area contributed by atoms with Crippen LogP contribution in [0.15, 0.2) is 12.1 Å². The van der Waals surface area contributed by atoms with Crippen LogP contribution in [-0.4, -0.2) is 12.6 Å². The van der Waals surface area contributed by atoms with Crippen LogP contribution in [0, 0.1) is 6.92 Å². The summed E-state index contributed by atoms with van der Waals surface area (Å²) in [7, 11) is 0. The van der Waals surface area contributed by atoms with E-state index in [-0.39, 0.29) is 12.4 Å². The molecule has 0 amide bonds. The molecule has 0 saturated heterocycles. The lowest BCUT2D eigenvalue weighted by Crippen LogP contribution is -2.10. The molecule has 1 rings (SSSR count). The molecule has 0 fully saturated rings. The SMILES string of the molecule is CCOC(=O)Cc1cc(C)cc(N)c1N. The molecule has 1 aromatic rings. The zero-order valence-corrected chi connectivity index (χ0v) is 9.04. The van der Waals surface area contributed by atoms with Crippen molar-refractivity contribution in [1.82, 2.24) is 0 Å². The second-order valence-corrected chi connectivity index (χ2v) is 3.41. The van der Waals surface area contributed by atoms with Gasteiger partial charge in [0.2, 0.25) is 0 Å². The van der Waals surface area contributed by atoms with Crippen LogP contribution in [0.5, 0.6) is 0 Å². The van der Waals surface area contributed by atoms with Gasteiger partial charge in [0.25, 0.3) is 0 Å². The predicted octanol–water partition coefficient (Wildman–Crippen LogP) is 1.27. The third kappa shape index (κ3) is 2.87. The van der Waals surface area contributed by atoms with E-state index in [4.69, 9.17) is 16.2 Å². The van der Waals surface area contributed by atoms with Crippen LogP contribution in [0.25, 0.3) is 0 Å². The number of nitrogen functional groups attached to an aromatic ring is 2. The van der Waals surface area contributed by atoms with E-state index in [0.29, 0.717) is 18.0 Å². The topological polar surface area (TPSA) is 78.3 Å². The van der Waals surface area contributed by atoms with Gasteiger partial charge in [-0.3, -0.25) is 4.79 Å². The maximum atomic E-state index is 11.3. The summed E-state index contributed by atoms with van der Waals surface area (Å²) in [4.78, 5) is 11.3. The van der Waals surface area contributed by atoms with Crippen LogP contribution in [0.3, 0.4) is 0 Å². The maximum Gasteiger partial charge on any atom is 0.310 e. The van der Waals surface area contributed by atoms with Gasteiger partial charge in [0.1, 0.15) is 0 Å². The second kappa shape index (κ2) is 4.68. The van der Waals surface area contributed by atoms with Crippen molar-refractivity contribution in [3.8, 4) is 0 Å². The van der Waals surface area contributed by atoms with Crippen molar-refractivity contribution in [3.63, 3.8) is 0 Å². The highest BCUT2D eigenvalue weighted by molar-refractivity contribution is 5.78. The van der Waals surface area contributed by atoms with Crippen LogP contribution in [0.2, 0.25) is 0 Å². The number of ether oxygens (including phenoxy) is 1. The van der Waals surface area contributed by atoms with E-state index in [1.165, 1.54) is 0 Å². The number of carbonyl (C=O) groups is 1. The Morgan fingerprint density at radius 3 is 2.67 bits per heavy atom. The lowest BCUT2D eigenvalue weighted by atomic mass is 10.1. The van der Waals surface area contributed by atoms with Gasteiger partial charge in [0.05, 0.1) is 24.4 Å². The maximum absolute atomic E-state index is 11.3. The zero-order valence-electron chi connectivity index (χ0n) is 9.04. The lowest BCUT2D eigenvalue weighted by Gasteiger charge is -2.09. The molecule has 4 nitrogen and oxygen atoms in total. The smallest absolute Gasteiger partial charge is 0.310 e. The summed E-state index contributed by atoms with van der Waals surface area (Å²) in [5, 5.41) is 0. The molecule has 4 N–H and O–H groups in total. The summed E-state index contributed by atoms with van der Waals surface area (Å²) in [6.45, 7) is 4.05. The Hall–Kier alpha value is -1.71. The molecule has 1 aromatic carbocycles. The van der Waals surface area contributed by atoms with Gasteiger partial charge in [-0.2, -0.15) is 0 Å². The minimum Gasteiger partial charge on any atom is -0.466 e. The highest BCUT2D eigenvalue weighted by Crippen LogP contribution is 2.22. The number of hydrogen-bond donors (Lipinski definition) is 2. The van der Waals surface area contributed by atoms with Gasteiger partial charge in [-0.05, 0) is 31.0 Å². The lowest BCUT2D eigenvalue weighted by molar-refractivity contribution is -0.142. The minimum absolute atomic E-state index is 0.172. The molecule has 0 aliphatic heterocycles. The first-order chi connectivity index (χ1) is 7.04. The van der Waals surface area contributed by atoms with E-state index in [1.54, 1.807) is 13.0 Å². The molecule has 0 saturated carbocycles. The predicted molar refractivity (Wildman–Crippen MR) is 60.3 cm³/mol. The quantitative estimate of drug-likeness (QED) is 0.579. The molecule has 0 unspecified atom stereocenters. The molecule has 4 heteroatoms. The van der Waals surface area contributed by atoms with E-state index >= 15 is 0 Å². The molecule has 82 valence electrons. The molecule has 0 bridgehead atoms. The summed E-state index contributed by atoms with van der Waals surface area (Å²) in [5.74, 6) is -0.283. The van der Waals surface area contributed by atoms with Crippen molar-refractivity contribution < 1.29 is 9.53 Å². The monoisotopic (exact) mass is 208 g/mol. The van der Waals surface area contributed by atoms with Crippen molar-refractivity contribution in [2.24, 2.45) is 0 Å². The number of anilines is 2. The van der Waals surface area contributed by atoms with Crippen LogP contribution in [0.4, 0.5) is 11.4 Å². The van der Waals surface area contributed by atoms with Crippen LogP contribution >= 0.6 is 0 Å². The van der Waals surface area contributed by atoms with E-state index in [9.17, 15) is 4.79 Å². The van der Waals surface area contributed by atoms with Crippen LogP contribution < -0.4 is 11.5 Å². The Balaban J connectivity index is 2.89. The molecular weight excluding hydrogens is 192 g/mol. The van der Waals surface area contributed by atoms with Gasteiger partial charge in [-0.1, -0.05) is 6.07 Å². The van der Waals surface area contributed by atoms with Crippen LogP contribution in [0.1, 0.15) is 18.1 Å². The number of carbonyl (C=O) groups excluding carboxylic acids is 1.